The minimum atomic E-state index is -0.639. The number of ether oxygens (including phenoxy) is 3. The number of nitrogens with zero attached hydrogens (tertiary/aromatic N) is 2. The van der Waals surface area contributed by atoms with Crippen molar-refractivity contribution in [1.82, 2.24) is 9.80 Å². The van der Waals surface area contributed by atoms with Gasteiger partial charge in [-0.15, -0.1) is 0 Å². The number of halogens is 1. The molecule has 0 saturated carbocycles. The van der Waals surface area contributed by atoms with E-state index < -0.39 is 6.10 Å². The molecule has 1 aliphatic rings. The lowest BCUT2D eigenvalue weighted by molar-refractivity contribution is -0.0546. The number of aliphatic hydroxyl groups excluding tert-OH is 1. The maximum Gasteiger partial charge on any atom is 0.254 e. The number of methoxy groups -OCH3 is 1. The Morgan fingerprint density at radius 2 is 2.00 bits per heavy atom. The number of carbonyl (C=O) groups excluding carboxylic acids is 1. The first-order chi connectivity index (χ1) is 15.5. The van der Waals surface area contributed by atoms with E-state index in [1.165, 1.54) is 0 Å². The van der Waals surface area contributed by atoms with E-state index in [0.717, 1.165) is 6.54 Å². The van der Waals surface area contributed by atoms with E-state index in [0.29, 0.717) is 55.7 Å². The highest BCUT2D eigenvalue weighted by atomic mass is 35.5. The van der Waals surface area contributed by atoms with E-state index in [1.54, 1.807) is 36.3 Å². The van der Waals surface area contributed by atoms with Crippen molar-refractivity contribution in [3.8, 4) is 5.75 Å². The van der Waals surface area contributed by atoms with Crippen molar-refractivity contribution < 1.29 is 24.1 Å². The topological polar surface area (TPSA) is 71.5 Å². The van der Waals surface area contributed by atoms with E-state index in [1.807, 2.05) is 30.3 Å². The van der Waals surface area contributed by atoms with Crippen LogP contribution in [-0.4, -0.2) is 92.7 Å². The Balaban J connectivity index is 1.50. The van der Waals surface area contributed by atoms with Crippen LogP contribution in [0.5, 0.6) is 5.75 Å². The molecule has 1 N–H and O–H groups in total. The minimum Gasteiger partial charge on any atom is -0.491 e. The second-order valence-electron chi connectivity index (χ2n) is 7.78. The van der Waals surface area contributed by atoms with Gasteiger partial charge in [-0.05, 0) is 36.4 Å². The largest absolute Gasteiger partial charge is 0.491 e. The third-order valence-electron chi connectivity index (χ3n) is 5.25. The zero-order valence-corrected chi connectivity index (χ0v) is 19.1. The Hall–Kier alpha value is -2.16. The van der Waals surface area contributed by atoms with Crippen LogP contribution in [0.25, 0.3) is 0 Å². The van der Waals surface area contributed by atoms with Crippen LogP contribution in [0.3, 0.4) is 0 Å². The van der Waals surface area contributed by atoms with Crippen LogP contribution < -0.4 is 4.74 Å². The van der Waals surface area contributed by atoms with Crippen molar-refractivity contribution in [1.29, 1.82) is 0 Å². The van der Waals surface area contributed by atoms with Gasteiger partial charge in [-0.2, -0.15) is 0 Å². The van der Waals surface area contributed by atoms with Crippen LogP contribution >= 0.6 is 11.6 Å². The number of benzene rings is 2. The highest BCUT2D eigenvalue weighted by molar-refractivity contribution is 6.30. The van der Waals surface area contributed by atoms with E-state index in [4.69, 9.17) is 25.8 Å². The Kier molecular flexibility index (Phi) is 9.77. The van der Waals surface area contributed by atoms with Gasteiger partial charge in [0.1, 0.15) is 18.5 Å². The van der Waals surface area contributed by atoms with Gasteiger partial charge in [0.15, 0.2) is 0 Å². The molecule has 1 fully saturated rings. The van der Waals surface area contributed by atoms with Gasteiger partial charge in [0.05, 0.1) is 19.3 Å². The Morgan fingerprint density at radius 3 is 2.72 bits per heavy atom. The molecule has 174 valence electrons. The third kappa shape index (κ3) is 7.76. The molecule has 32 heavy (non-hydrogen) atoms. The van der Waals surface area contributed by atoms with Gasteiger partial charge < -0.3 is 24.2 Å². The van der Waals surface area contributed by atoms with E-state index >= 15 is 0 Å². The van der Waals surface area contributed by atoms with Crippen molar-refractivity contribution in [3.05, 3.63) is 65.2 Å². The number of carbonyl (C=O) groups is 1. The molecule has 0 aliphatic carbocycles. The summed E-state index contributed by atoms with van der Waals surface area (Å²) in [6.07, 6.45) is -0.780. The quantitative estimate of drug-likeness (QED) is 0.553. The molecule has 1 heterocycles. The number of rotatable bonds is 11. The monoisotopic (exact) mass is 462 g/mol. The van der Waals surface area contributed by atoms with Crippen molar-refractivity contribution in [3.63, 3.8) is 0 Å². The normalized spacial score (nSPS) is 17.7. The van der Waals surface area contributed by atoms with Crippen LogP contribution in [0, 0.1) is 0 Å². The Morgan fingerprint density at radius 1 is 1.25 bits per heavy atom. The predicted octanol–water partition coefficient (Wildman–Crippen LogP) is 2.57. The summed E-state index contributed by atoms with van der Waals surface area (Å²) in [4.78, 5) is 16.9. The molecular formula is C24H31ClN2O5. The number of amides is 1. The maximum atomic E-state index is 13.0. The predicted molar refractivity (Wildman–Crippen MR) is 123 cm³/mol. The number of aliphatic hydroxyl groups is 1. The smallest absolute Gasteiger partial charge is 0.254 e. The van der Waals surface area contributed by atoms with E-state index in [9.17, 15) is 9.90 Å². The van der Waals surface area contributed by atoms with Crippen molar-refractivity contribution >= 4 is 17.5 Å². The zero-order valence-electron chi connectivity index (χ0n) is 18.4. The third-order valence-corrected chi connectivity index (χ3v) is 5.50. The Bertz CT molecular complexity index is 821. The van der Waals surface area contributed by atoms with Crippen LogP contribution in [-0.2, 0) is 9.47 Å². The van der Waals surface area contributed by atoms with Crippen LogP contribution in [0.1, 0.15) is 10.4 Å². The molecule has 0 radical (unpaired) electrons. The first-order valence-electron chi connectivity index (χ1n) is 10.8. The molecule has 0 spiro atoms. The SMILES string of the molecule is COCCN(C[C@H]1CN(C[C@@H](O)COc2ccc(Cl)cc2)CCO1)C(=O)c1ccccc1. The summed E-state index contributed by atoms with van der Waals surface area (Å²) >= 11 is 5.88. The average Bonchev–Trinajstić information content (AvgIpc) is 2.82. The summed E-state index contributed by atoms with van der Waals surface area (Å²) in [6.45, 7) is 3.96. The molecule has 8 heteroatoms. The molecule has 2 aromatic carbocycles. The van der Waals surface area contributed by atoms with Crippen LogP contribution in [0.2, 0.25) is 5.02 Å². The minimum absolute atomic E-state index is 0.0419. The highest BCUT2D eigenvalue weighted by Crippen LogP contribution is 2.16. The van der Waals surface area contributed by atoms with Gasteiger partial charge in [0, 0.05) is 50.4 Å². The maximum absolute atomic E-state index is 13.0. The van der Waals surface area contributed by atoms with Crippen molar-refractivity contribution in [2.45, 2.75) is 12.2 Å². The van der Waals surface area contributed by atoms with Gasteiger partial charge in [-0.1, -0.05) is 29.8 Å². The highest BCUT2D eigenvalue weighted by Gasteiger charge is 2.26. The fourth-order valence-electron chi connectivity index (χ4n) is 3.62. The lowest BCUT2D eigenvalue weighted by Gasteiger charge is -2.36. The number of morpholine rings is 1. The molecule has 1 aliphatic heterocycles. The second-order valence-corrected chi connectivity index (χ2v) is 8.22. The first kappa shape index (κ1) is 24.5. The molecular weight excluding hydrogens is 432 g/mol. The molecule has 1 amide bonds. The lowest BCUT2D eigenvalue weighted by Crippen LogP contribution is -2.51. The molecule has 2 atom stereocenters. The number of hydrogen-bond acceptors (Lipinski definition) is 6. The average molecular weight is 463 g/mol. The molecule has 1 saturated heterocycles. The van der Waals surface area contributed by atoms with Gasteiger partial charge in [-0.25, -0.2) is 0 Å². The first-order valence-corrected chi connectivity index (χ1v) is 11.2. The molecule has 3 rings (SSSR count). The fraction of sp³-hybridized carbons (Fsp3) is 0.458. The fourth-order valence-corrected chi connectivity index (χ4v) is 3.74. The summed E-state index contributed by atoms with van der Waals surface area (Å²) in [5.74, 6) is 0.626. The standard InChI is InChI=1S/C24H31ClN2O5/c1-30-13-12-27(24(29)19-5-3-2-4-6-19)17-23-16-26(11-14-31-23)15-21(28)18-32-22-9-7-20(25)8-10-22/h2-10,21,23,28H,11-18H2,1H3/t21-,23-/m1/s1. The van der Waals surface area contributed by atoms with Gasteiger partial charge in [-0.3, -0.25) is 9.69 Å². The van der Waals surface area contributed by atoms with Gasteiger partial charge in [0.25, 0.3) is 5.91 Å². The second kappa shape index (κ2) is 12.8. The van der Waals surface area contributed by atoms with Crippen molar-refractivity contribution in [2.24, 2.45) is 0 Å². The molecule has 0 aromatic heterocycles. The summed E-state index contributed by atoms with van der Waals surface area (Å²) in [6, 6.07) is 16.3. The summed E-state index contributed by atoms with van der Waals surface area (Å²) in [7, 11) is 1.62. The van der Waals surface area contributed by atoms with E-state index in [-0.39, 0.29) is 18.6 Å². The van der Waals surface area contributed by atoms with E-state index in [2.05, 4.69) is 4.90 Å². The summed E-state index contributed by atoms with van der Waals surface area (Å²) < 4.78 is 16.8. The number of β-amino-alcohol motifs (C(OH)–C–C–N with tert-alkyl or cyclic N) is 1. The molecule has 7 nitrogen and oxygen atoms in total. The van der Waals surface area contributed by atoms with Gasteiger partial charge in [0.2, 0.25) is 0 Å². The zero-order chi connectivity index (χ0) is 22.8. The lowest BCUT2D eigenvalue weighted by atomic mass is 10.1. The molecule has 0 unspecified atom stereocenters. The molecule has 0 bridgehead atoms. The van der Waals surface area contributed by atoms with Crippen molar-refractivity contribution in [2.75, 3.05) is 59.7 Å². The van der Waals surface area contributed by atoms with Crippen LogP contribution in [0.15, 0.2) is 54.6 Å². The number of hydrogen-bond donors (Lipinski definition) is 1. The summed E-state index contributed by atoms with van der Waals surface area (Å²) in [5, 5.41) is 11.1. The summed E-state index contributed by atoms with van der Waals surface area (Å²) in [5.41, 5.74) is 0.644. The van der Waals surface area contributed by atoms with Gasteiger partial charge >= 0.3 is 0 Å². The Labute approximate surface area is 194 Å². The van der Waals surface area contributed by atoms with Crippen LogP contribution in [0.4, 0.5) is 0 Å². The molecule has 2 aromatic rings.